The fraction of sp³-hybridized carbons (Fsp3) is 0.300. The van der Waals surface area contributed by atoms with Gasteiger partial charge in [0.1, 0.15) is 0 Å². The molecular weight excluding hydrogens is 358 g/mol. The van der Waals surface area contributed by atoms with Gasteiger partial charge in [0.2, 0.25) is 0 Å². The summed E-state index contributed by atoms with van der Waals surface area (Å²) < 4.78 is 5.14. The van der Waals surface area contributed by atoms with Crippen molar-refractivity contribution in [1.82, 2.24) is 0 Å². The first kappa shape index (κ1) is 14.1. The summed E-state index contributed by atoms with van der Waals surface area (Å²) in [6.45, 7) is 0. The second-order valence-electron chi connectivity index (χ2n) is 3.22. The van der Waals surface area contributed by atoms with E-state index in [-0.39, 0.29) is 12.1 Å². The molecular formula is C10H9Br2NO4. The Kier molecular flexibility index (Phi) is 5.07. The molecule has 0 aliphatic rings. The van der Waals surface area contributed by atoms with Crippen molar-refractivity contribution in [2.75, 3.05) is 7.11 Å². The maximum Gasteiger partial charge on any atom is 0.310 e. The quantitative estimate of drug-likeness (QED) is 0.355. The number of hydrogen-bond donors (Lipinski definition) is 0. The van der Waals surface area contributed by atoms with Crippen molar-refractivity contribution in [3.63, 3.8) is 0 Å². The zero-order chi connectivity index (χ0) is 13.0. The average Bonchev–Trinajstić information content (AvgIpc) is 2.30. The van der Waals surface area contributed by atoms with Crippen LogP contribution >= 0.6 is 31.9 Å². The minimum absolute atomic E-state index is 0.0908. The van der Waals surface area contributed by atoms with Crippen LogP contribution in [0.1, 0.15) is 11.1 Å². The Morgan fingerprint density at radius 3 is 2.59 bits per heavy atom. The largest absolute Gasteiger partial charge is 0.469 e. The number of ether oxygens (including phenoxy) is 1. The molecule has 0 aliphatic carbocycles. The van der Waals surface area contributed by atoms with Gasteiger partial charge in [-0.15, -0.1) is 0 Å². The van der Waals surface area contributed by atoms with Crippen molar-refractivity contribution < 1.29 is 14.5 Å². The van der Waals surface area contributed by atoms with Gasteiger partial charge in [-0.1, -0.05) is 31.9 Å². The van der Waals surface area contributed by atoms with E-state index in [1.807, 2.05) is 0 Å². The summed E-state index contributed by atoms with van der Waals surface area (Å²) in [4.78, 5) is 21.5. The van der Waals surface area contributed by atoms with Gasteiger partial charge in [-0.25, -0.2) is 0 Å². The normalized spacial score (nSPS) is 10.1. The maximum absolute atomic E-state index is 11.2. The Bertz CT molecular complexity index is 462. The molecule has 1 aromatic rings. The van der Waals surface area contributed by atoms with Crippen LogP contribution in [-0.2, 0) is 21.3 Å². The number of carbonyl (C=O) groups excluding carboxylic acids is 1. The van der Waals surface area contributed by atoms with Gasteiger partial charge in [0.25, 0.3) is 5.69 Å². The fourth-order valence-corrected chi connectivity index (χ4v) is 2.61. The Morgan fingerprint density at radius 2 is 2.12 bits per heavy atom. The number of nitrogens with zero attached hydrogens (tertiary/aromatic N) is 1. The fourth-order valence-electron chi connectivity index (χ4n) is 1.30. The van der Waals surface area contributed by atoms with Gasteiger partial charge in [0.05, 0.1) is 18.5 Å². The number of nitro groups is 1. The Balaban J connectivity index is 3.23. The molecule has 0 radical (unpaired) electrons. The number of alkyl halides is 1. The Hall–Kier alpha value is -0.950. The van der Waals surface area contributed by atoms with Crippen LogP contribution in [0.2, 0.25) is 0 Å². The van der Waals surface area contributed by atoms with Gasteiger partial charge >= 0.3 is 5.97 Å². The highest BCUT2D eigenvalue weighted by atomic mass is 79.9. The Labute approximate surface area is 115 Å². The third-order valence-corrected chi connectivity index (χ3v) is 3.49. The first-order valence-electron chi connectivity index (χ1n) is 4.58. The maximum atomic E-state index is 11.2. The third-order valence-electron chi connectivity index (χ3n) is 2.15. The number of esters is 1. The number of nitro benzene ring substituents is 1. The molecule has 0 aromatic heterocycles. The van der Waals surface area contributed by atoms with Crippen molar-refractivity contribution >= 4 is 43.5 Å². The first-order valence-corrected chi connectivity index (χ1v) is 6.49. The van der Waals surface area contributed by atoms with Crippen LogP contribution in [-0.4, -0.2) is 18.0 Å². The molecule has 0 atom stereocenters. The van der Waals surface area contributed by atoms with Crippen molar-refractivity contribution in [1.29, 1.82) is 0 Å². The Morgan fingerprint density at radius 1 is 1.47 bits per heavy atom. The smallest absolute Gasteiger partial charge is 0.310 e. The standard InChI is InChI=1S/C10H9Br2NO4/c1-17-10(14)3-6-2-7(5-11)8(12)4-9(6)13(15)16/h2,4H,3,5H2,1H3. The molecule has 0 heterocycles. The molecule has 92 valence electrons. The summed E-state index contributed by atoms with van der Waals surface area (Å²) in [6, 6.07) is 3.02. The summed E-state index contributed by atoms with van der Waals surface area (Å²) in [5.41, 5.74) is 1.10. The van der Waals surface area contributed by atoms with E-state index in [9.17, 15) is 14.9 Å². The number of hydrogen-bond acceptors (Lipinski definition) is 4. The molecule has 7 heteroatoms. The van der Waals surface area contributed by atoms with E-state index in [4.69, 9.17) is 0 Å². The van der Waals surface area contributed by atoms with Crippen LogP contribution in [0, 0.1) is 10.1 Å². The number of carbonyl (C=O) groups is 1. The lowest BCUT2D eigenvalue weighted by Crippen LogP contribution is -2.07. The van der Waals surface area contributed by atoms with E-state index < -0.39 is 10.9 Å². The number of methoxy groups -OCH3 is 1. The lowest BCUT2D eigenvalue weighted by Gasteiger charge is -2.06. The van der Waals surface area contributed by atoms with E-state index in [1.165, 1.54) is 13.2 Å². The summed E-state index contributed by atoms with van der Waals surface area (Å²) in [6.07, 6.45) is -0.111. The lowest BCUT2D eigenvalue weighted by atomic mass is 10.1. The van der Waals surface area contributed by atoms with E-state index in [0.717, 1.165) is 5.56 Å². The molecule has 1 aromatic carbocycles. The highest BCUT2D eigenvalue weighted by Gasteiger charge is 2.19. The molecule has 0 unspecified atom stereocenters. The highest BCUT2D eigenvalue weighted by molar-refractivity contribution is 9.10. The molecule has 0 spiro atoms. The summed E-state index contributed by atoms with van der Waals surface area (Å²) >= 11 is 6.51. The first-order chi connectivity index (χ1) is 7.99. The van der Waals surface area contributed by atoms with Crippen molar-refractivity contribution in [2.24, 2.45) is 0 Å². The molecule has 1 rings (SSSR count). The SMILES string of the molecule is COC(=O)Cc1cc(CBr)c(Br)cc1[N+](=O)[O-]. The van der Waals surface area contributed by atoms with Crippen molar-refractivity contribution in [3.8, 4) is 0 Å². The molecule has 5 nitrogen and oxygen atoms in total. The topological polar surface area (TPSA) is 69.4 Å². The van der Waals surface area contributed by atoms with Gasteiger partial charge in [0.15, 0.2) is 0 Å². The van der Waals surface area contributed by atoms with Gasteiger partial charge in [0, 0.05) is 21.4 Å². The number of halogens is 2. The van der Waals surface area contributed by atoms with E-state index >= 15 is 0 Å². The molecule has 0 bridgehead atoms. The van der Waals surface area contributed by atoms with Gasteiger partial charge in [-0.05, 0) is 11.6 Å². The van der Waals surface area contributed by atoms with Crippen LogP contribution in [0.4, 0.5) is 5.69 Å². The minimum Gasteiger partial charge on any atom is -0.469 e. The average molecular weight is 367 g/mol. The van der Waals surface area contributed by atoms with E-state index in [0.29, 0.717) is 15.4 Å². The van der Waals surface area contributed by atoms with Gasteiger partial charge < -0.3 is 4.74 Å². The van der Waals surface area contributed by atoms with Crippen molar-refractivity contribution in [3.05, 3.63) is 37.8 Å². The van der Waals surface area contributed by atoms with Crippen LogP contribution in [0.15, 0.2) is 16.6 Å². The van der Waals surface area contributed by atoms with Gasteiger partial charge in [-0.3, -0.25) is 14.9 Å². The second-order valence-corrected chi connectivity index (χ2v) is 4.63. The predicted octanol–water partition coefficient (Wildman–Crippen LogP) is 2.97. The van der Waals surface area contributed by atoms with Crippen molar-refractivity contribution in [2.45, 2.75) is 11.8 Å². The molecule has 0 amide bonds. The van der Waals surface area contributed by atoms with E-state index in [1.54, 1.807) is 6.07 Å². The third kappa shape index (κ3) is 3.50. The number of rotatable bonds is 4. The van der Waals surface area contributed by atoms with Crippen LogP contribution in [0.5, 0.6) is 0 Å². The van der Waals surface area contributed by atoms with Gasteiger partial charge in [-0.2, -0.15) is 0 Å². The van der Waals surface area contributed by atoms with Crippen LogP contribution in [0.25, 0.3) is 0 Å². The minimum atomic E-state index is -0.513. The molecule has 0 N–H and O–H groups in total. The highest BCUT2D eigenvalue weighted by Crippen LogP contribution is 2.29. The number of benzene rings is 1. The molecule has 17 heavy (non-hydrogen) atoms. The zero-order valence-corrected chi connectivity index (χ0v) is 12.1. The lowest BCUT2D eigenvalue weighted by molar-refractivity contribution is -0.385. The van der Waals surface area contributed by atoms with Crippen LogP contribution in [0.3, 0.4) is 0 Å². The summed E-state index contributed by atoms with van der Waals surface area (Å²) in [5, 5.41) is 11.4. The van der Waals surface area contributed by atoms with Crippen LogP contribution < -0.4 is 0 Å². The summed E-state index contributed by atoms with van der Waals surface area (Å²) in [5.74, 6) is -0.504. The molecule has 0 aliphatic heterocycles. The molecule has 0 saturated carbocycles. The molecule has 0 fully saturated rings. The zero-order valence-electron chi connectivity index (χ0n) is 8.91. The van der Waals surface area contributed by atoms with E-state index in [2.05, 4.69) is 36.6 Å². The monoisotopic (exact) mass is 365 g/mol. The predicted molar refractivity (Wildman–Crippen MR) is 69.1 cm³/mol. The summed E-state index contributed by atoms with van der Waals surface area (Å²) in [7, 11) is 1.25. The second kappa shape index (κ2) is 6.11. The molecule has 0 saturated heterocycles.